The van der Waals surface area contributed by atoms with E-state index in [-0.39, 0.29) is 5.60 Å². The number of ether oxygens (including phenoxy) is 2. The lowest BCUT2D eigenvalue weighted by atomic mass is 9.97. The fraction of sp³-hybridized carbons (Fsp3) is 1.00. The molecule has 0 radical (unpaired) electrons. The third kappa shape index (κ3) is 2.03. The molecule has 0 atom stereocenters. The summed E-state index contributed by atoms with van der Waals surface area (Å²) >= 11 is 0. The topological polar surface area (TPSA) is 30.5 Å². The Bertz CT molecular complexity index is 157. The molecular formula is C10H19NO2. The van der Waals surface area contributed by atoms with Crippen LogP contribution >= 0.6 is 0 Å². The fourth-order valence-corrected chi connectivity index (χ4v) is 1.95. The van der Waals surface area contributed by atoms with Crippen LogP contribution in [0, 0.1) is 0 Å². The van der Waals surface area contributed by atoms with E-state index < -0.39 is 0 Å². The summed E-state index contributed by atoms with van der Waals surface area (Å²) in [6, 6.07) is 0. The second kappa shape index (κ2) is 3.95. The molecule has 0 aromatic heterocycles. The third-order valence-electron chi connectivity index (χ3n) is 3.08. The Labute approximate surface area is 79.8 Å². The molecular weight excluding hydrogens is 166 g/mol. The van der Waals surface area contributed by atoms with Gasteiger partial charge in [-0.15, -0.1) is 0 Å². The maximum absolute atomic E-state index is 6.10. The van der Waals surface area contributed by atoms with Gasteiger partial charge in [-0.1, -0.05) is 6.92 Å². The predicted molar refractivity (Wildman–Crippen MR) is 50.8 cm³/mol. The summed E-state index contributed by atoms with van der Waals surface area (Å²) in [5, 5.41) is 3.34. The molecule has 2 aliphatic rings. The maximum atomic E-state index is 6.10. The van der Waals surface area contributed by atoms with E-state index in [4.69, 9.17) is 9.47 Å². The summed E-state index contributed by atoms with van der Waals surface area (Å²) < 4.78 is 11.3. The largest absolute Gasteiger partial charge is 0.375 e. The van der Waals surface area contributed by atoms with E-state index in [0.717, 1.165) is 45.6 Å². The first-order chi connectivity index (χ1) is 6.35. The van der Waals surface area contributed by atoms with E-state index in [1.54, 1.807) is 0 Å². The normalized spacial score (nSPS) is 28.4. The van der Waals surface area contributed by atoms with E-state index in [2.05, 4.69) is 12.2 Å². The zero-order valence-corrected chi connectivity index (χ0v) is 8.34. The Morgan fingerprint density at radius 1 is 1.38 bits per heavy atom. The van der Waals surface area contributed by atoms with Gasteiger partial charge in [0.05, 0.1) is 19.3 Å². The Hall–Kier alpha value is -0.120. The quantitative estimate of drug-likeness (QED) is 0.709. The van der Waals surface area contributed by atoms with Crippen LogP contribution in [0.1, 0.15) is 26.2 Å². The fourth-order valence-electron chi connectivity index (χ4n) is 1.95. The van der Waals surface area contributed by atoms with E-state index in [1.807, 2.05) is 0 Å². The van der Waals surface area contributed by atoms with E-state index in [1.165, 1.54) is 0 Å². The van der Waals surface area contributed by atoms with E-state index in [9.17, 15) is 0 Å². The molecule has 0 unspecified atom stereocenters. The Morgan fingerprint density at radius 2 is 2.08 bits per heavy atom. The summed E-state index contributed by atoms with van der Waals surface area (Å²) in [5.41, 5.74) is 0.0714. The highest BCUT2D eigenvalue weighted by atomic mass is 16.6. The van der Waals surface area contributed by atoms with Crippen molar-refractivity contribution in [3.05, 3.63) is 0 Å². The Morgan fingerprint density at radius 3 is 2.54 bits per heavy atom. The van der Waals surface area contributed by atoms with Crippen LogP contribution in [0.2, 0.25) is 0 Å². The predicted octanol–water partition coefficient (Wildman–Crippen LogP) is 0.934. The van der Waals surface area contributed by atoms with Gasteiger partial charge in [-0.05, 0) is 32.4 Å². The Balaban J connectivity index is 1.81. The zero-order chi connectivity index (χ0) is 9.15. The molecule has 1 N–H and O–H groups in total. The van der Waals surface area contributed by atoms with Crippen LogP contribution in [-0.4, -0.2) is 38.0 Å². The van der Waals surface area contributed by atoms with Crippen molar-refractivity contribution in [3.8, 4) is 0 Å². The van der Waals surface area contributed by atoms with Crippen molar-refractivity contribution in [3.63, 3.8) is 0 Å². The summed E-state index contributed by atoms with van der Waals surface area (Å²) in [5.74, 6) is 0. The highest BCUT2D eigenvalue weighted by molar-refractivity contribution is 4.88. The summed E-state index contributed by atoms with van der Waals surface area (Å²) in [6.07, 6.45) is 3.85. The minimum atomic E-state index is 0.0714. The molecule has 2 saturated heterocycles. The molecule has 0 amide bonds. The van der Waals surface area contributed by atoms with Crippen molar-refractivity contribution >= 4 is 0 Å². The van der Waals surface area contributed by atoms with Crippen molar-refractivity contribution in [1.82, 2.24) is 5.32 Å². The molecule has 0 aliphatic carbocycles. The highest BCUT2D eigenvalue weighted by Gasteiger charge is 2.40. The first-order valence-electron chi connectivity index (χ1n) is 5.31. The zero-order valence-electron chi connectivity index (χ0n) is 8.34. The van der Waals surface area contributed by atoms with Gasteiger partial charge < -0.3 is 14.8 Å². The molecule has 0 bridgehead atoms. The molecule has 2 rings (SSSR count). The summed E-state index contributed by atoms with van der Waals surface area (Å²) in [6.45, 7) is 5.99. The second-order valence-electron chi connectivity index (χ2n) is 4.10. The van der Waals surface area contributed by atoms with Crippen molar-refractivity contribution in [2.75, 3.05) is 26.3 Å². The first-order valence-corrected chi connectivity index (χ1v) is 5.31. The van der Waals surface area contributed by atoms with Crippen molar-refractivity contribution < 1.29 is 9.47 Å². The van der Waals surface area contributed by atoms with Gasteiger partial charge in [0.25, 0.3) is 0 Å². The van der Waals surface area contributed by atoms with Gasteiger partial charge in [0, 0.05) is 0 Å². The molecule has 13 heavy (non-hydrogen) atoms. The van der Waals surface area contributed by atoms with Crippen LogP contribution in [0.5, 0.6) is 0 Å². The molecule has 3 nitrogen and oxygen atoms in total. The molecule has 2 aliphatic heterocycles. The number of nitrogens with one attached hydrogen (secondary N) is 1. The van der Waals surface area contributed by atoms with Crippen molar-refractivity contribution in [2.45, 2.75) is 37.9 Å². The number of hydrogen-bond acceptors (Lipinski definition) is 3. The number of rotatable bonds is 3. The molecule has 0 aromatic rings. The lowest BCUT2D eigenvalue weighted by molar-refractivity contribution is -0.234. The smallest absolute Gasteiger partial charge is 0.115 e. The molecule has 0 aromatic carbocycles. The van der Waals surface area contributed by atoms with Gasteiger partial charge in [-0.2, -0.15) is 0 Å². The average Bonchev–Trinajstić information content (AvgIpc) is 2.13. The standard InChI is InChI=1S/C10H19NO2/c1-2-10(7-12-8-10)13-9-3-5-11-6-4-9/h9,11H,2-8H2,1H3. The first kappa shape index (κ1) is 9.44. The minimum absolute atomic E-state index is 0.0714. The van der Waals surface area contributed by atoms with Gasteiger partial charge in [0.2, 0.25) is 0 Å². The second-order valence-corrected chi connectivity index (χ2v) is 4.10. The van der Waals surface area contributed by atoms with Crippen LogP contribution in [0.4, 0.5) is 0 Å². The Kier molecular flexibility index (Phi) is 2.86. The average molecular weight is 185 g/mol. The lowest BCUT2D eigenvalue weighted by Gasteiger charge is -2.43. The van der Waals surface area contributed by atoms with Crippen LogP contribution in [-0.2, 0) is 9.47 Å². The third-order valence-corrected chi connectivity index (χ3v) is 3.08. The highest BCUT2D eigenvalue weighted by Crippen LogP contribution is 2.29. The molecule has 2 heterocycles. The molecule has 2 fully saturated rings. The molecule has 0 saturated carbocycles. The number of hydrogen-bond donors (Lipinski definition) is 1. The number of piperidine rings is 1. The van der Waals surface area contributed by atoms with Crippen molar-refractivity contribution in [1.29, 1.82) is 0 Å². The summed E-state index contributed by atoms with van der Waals surface area (Å²) in [4.78, 5) is 0. The van der Waals surface area contributed by atoms with Crippen LogP contribution in [0.25, 0.3) is 0 Å². The monoisotopic (exact) mass is 185 g/mol. The van der Waals surface area contributed by atoms with Crippen LogP contribution < -0.4 is 5.32 Å². The summed E-state index contributed by atoms with van der Waals surface area (Å²) in [7, 11) is 0. The van der Waals surface area contributed by atoms with Crippen molar-refractivity contribution in [2.24, 2.45) is 0 Å². The van der Waals surface area contributed by atoms with Gasteiger partial charge >= 0.3 is 0 Å². The maximum Gasteiger partial charge on any atom is 0.115 e. The SMILES string of the molecule is CCC1(OC2CCNCC2)COC1. The van der Waals surface area contributed by atoms with E-state index in [0.29, 0.717) is 6.10 Å². The van der Waals surface area contributed by atoms with Gasteiger partial charge in [0.1, 0.15) is 5.60 Å². The van der Waals surface area contributed by atoms with Gasteiger partial charge in [-0.25, -0.2) is 0 Å². The van der Waals surface area contributed by atoms with Crippen LogP contribution in [0.3, 0.4) is 0 Å². The van der Waals surface area contributed by atoms with E-state index >= 15 is 0 Å². The molecule has 0 spiro atoms. The van der Waals surface area contributed by atoms with Gasteiger partial charge in [0.15, 0.2) is 0 Å². The van der Waals surface area contributed by atoms with Crippen LogP contribution in [0.15, 0.2) is 0 Å². The minimum Gasteiger partial charge on any atom is -0.375 e. The molecule has 3 heteroatoms. The van der Waals surface area contributed by atoms with Gasteiger partial charge in [-0.3, -0.25) is 0 Å². The lowest BCUT2D eigenvalue weighted by Crippen LogP contribution is -2.54. The molecule has 76 valence electrons.